The first kappa shape index (κ1) is 14.9. The maximum absolute atomic E-state index is 5.70. The Labute approximate surface area is 121 Å². The lowest BCUT2D eigenvalue weighted by molar-refractivity contribution is 0.154. The molecule has 0 aliphatic heterocycles. The van der Waals surface area contributed by atoms with Crippen molar-refractivity contribution >= 4 is 0 Å². The number of rotatable bonds is 5. The molecule has 0 fully saturated rings. The van der Waals surface area contributed by atoms with Crippen LogP contribution in [0.2, 0.25) is 0 Å². The van der Waals surface area contributed by atoms with Crippen LogP contribution in [0.5, 0.6) is 0 Å². The van der Waals surface area contributed by atoms with Crippen LogP contribution in [0.25, 0.3) is 0 Å². The molecule has 110 valence electrons. The Morgan fingerprint density at radius 1 is 0.850 bits per heavy atom. The summed E-state index contributed by atoms with van der Waals surface area (Å²) in [6, 6.07) is 8.14. The van der Waals surface area contributed by atoms with E-state index in [-0.39, 0.29) is 5.41 Å². The summed E-state index contributed by atoms with van der Waals surface area (Å²) < 4.78 is 11.4. The summed E-state index contributed by atoms with van der Waals surface area (Å²) in [6.07, 6.45) is 0. The highest BCUT2D eigenvalue weighted by Crippen LogP contribution is 2.21. The van der Waals surface area contributed by atoms with Crippen LogP contribution in [0.4, 0.5) is 0 Å². The van der Waals surface area contributed by atoms with Crippen LogP contribution in [-0.2, 0) is 13.1 Å². The van der Waals surface area contributed by atoms with Gasteiger partial charge < -0.3 is 8.83 Å². The SMILES string of the molecule is Cc1ccc(CN(Cc2ccc(C)o2)CC(C)(C)C)o1. The van der Waals surface area contributed by atoms with E-state index in [0.717, 1.165) is 42.7 Å². The fourth-order valence-electron chi connectivity index (χ4n) is 2.42. The fourth-order valence-corrected chi connectivity index (χ4v) is 2.42. The summed E-state index contributed by atoms with van der Waals surface area (Å²) in [5.74, 6) is 3.94. The van der Waals surface area contributed by atoms with E-state index in [1.807, 2.05) is 26.0 Å². The average molecular weight is 275 g/mol. The van der Waals surface area contributed by atoms with E-state index in [0.29, 0.717) is 0 Å². The first-order valence-corrected chi connectivity index (χ1v) is 7.15. The Morgan fingerprint density at radius 3 is 1.60 bits per heavy atom. The Balaban J connectivity index is 2.07. The van der Waals surface area contributed by atoms with Crippen molar-refractivity contribution in [1.82, 2.24) is 4.90 Å². The van der Waals surface area contributed by atoms with Gasteiger partial charge in [0, 0.05) is 6.54 Å². The molecule has 20 heavy (non-hydrogen) atoms. The zero-order chi connectivity index (χ0) is 14.8. The predicted octanol–water partition coefficient (Wildman–Crippen LogP) is 4.54. The van der Waals surface area contributed by atoms with Crippen molar-refractivity contribution in [2.45, 2.75) is 47.7 Å². The van der Waals surface area contributed by atoms with E-state index in [4.69, 9.17) is 8.83 Å². The lowest BCUT2D eigenvalue weighted by atomic mass is 9.96. The number of aryl methyl sites for hydroxylation is 2. The van der Waals surface area contributed by atoms with Crippen LogP contribution in [-0.4, -0.2) is 11.4 Å². The third-order valence-electron chi connectivity index (χ3n) is 3.05. The Kier molecular flexibility index (Phi) is 4.39. The standard InChI is InChI=1S/C17H25NO2/c1-13-6-8-15(19-13)10-18(12-17(3,4)5)11-16-9-7-14(2)20-16/h6-9H,10-12H2,1-5H3. The minimum Gasteiger partial charge on any atom is -0.465 e. The normalized spacial score (nSPS) is 12.3. The molecule has 0 saturated carbocycles. The van der Waals surface area contributed by atoms with Gasteiger partial charge in [-0.05, 0) is 43.5 Å². The van der Waals surface area contributed by atoms with E-state index in [2.05, 4.69) is 37.8 Å². The fraction of sp³-hybridized carbons (Fsp3) is 0.529. The molecule has 2 aromatic heterocycles. The van der Waals surface area contributed by atoms with E-state index in [1.165, 1.54) is 0 Å². The molecule has 0 radical (unpaired) electrons. The van der Waals surface area contributed by atoms with Gasteiger partial charge in [0.2, 0.25) is 0 Å². The zero-order valence-electron chi connectivity index (χ0n) is 13.2. The molecule has 0 atom stereocenters. The van der Waals surface area contributed by atoms with Crippen molar-refractivity contribution in [3.05, 3.63) is 47.3 Å². The summed E-state index contributed by atoms with van der Waals surface area (Å²) in [4.78, 5) is 2.37. The molecule has 0 amide bonds. The van der Waals surface area contributed by atoms with Gasteiger partial charge in [0.15, 0.2) is 0 Å². The Morgan fingerprint density at radius 2 is 1.30 bits per heavy atom. The first-order valence-electron chi connectivity index (χ1n) is 7.15. The summed E-state index contributed by atoms with van der Waals surface area (Å²) in [5, 5.41) is 0. The second-order valence-electron chi connectivity index (χ2n) is 6.73. The smallest absolute Gasteiger partial charge is 0.118 e. The highest BCUT2D eigenvalue weighted by atomic mass is 16.3. The largest absolute Gasteiger partial charge is 0.465 e. The van der Waals surface area contributed by atoms with Crippen molar-refractivity contribution in [2.24, 2.45) is 5.41 Å². The molecule has 3 nitrogen and oxygen atoms in total. The molecular formula is C17H25NO2. The molecule has 0 aromatic carbocycles. The number of hydrogen-bond acceptors (Lipinski definition) is 3. The van der Waals surface area contributed by atoms with Gasteiger partial charge in [0.1, 0.15) is 23.0 Å². The minimum absolute atomic E-state index is 0.239. The molecule has 0 aliphatic rings. The van der Waals surface area contributed by atoms with Crippen LogP contribution < -0.4 is 0 Å². The van der Waals surface area contributed by atoms with Gasteiger partial charge in [-0.1, -0.05) is 20.8 Å². The van der Waals surface area contributed by atoms with Gasteiger partial charge >= 0.3 is 0 Å². The van der Waals surface area contributed by atoms with Gasteiger partial charge in [0.25, 0.3) is 0 Å². The van der Waals surface area contributed by atoms with Gasteiger partial charge in [-0.25, -0.2) is 0 Å². The molecule has 2 aromatic rings. The third-order valence-corrected chi connectivity index (χ3v) is 3.05. The predicted molar refractivity (Wildman–Crippen MR) is 80.5 cm³/mol. The molecule has 3 heteroatoms. The molecule has 2 rings (SSSR count). The number of hydrogen-bond donors (Lipinski definition) is 0. The zero-order valence-corrected chi connectivity index (χ0v) is 13.2. The summed E-state index contributed by atoms with van der Waals surface area (Å²) >= 11 is 0. The lowest BCUT2D eigenvalue weighted by Crippen LogP contribution is -2.31. The van der Waals surface area contributed by atoms with Crippen LogP contribution in [0.15, 0.2) is 33.1 Å². The highest BCUT2D eigenvalue weighted by molar-refractivity contribution is 5.08. The van der Waals surface area contributed by atoms with E-state index >= 15 is 0 Å². The van der Waals surface area contributed by atoms with E-state index in [9.17, 15) is 0 Å². The highest BCUT2D eigenvalue weighted by Gasteiger charge is 2.19. The number of furan rings is 2. The third kappa shape index (κ3) is 4.57. The van der Waals surface area contributed by atoms with Crippen molar-refractivity contribution in [3.63, 3.8) is 0 Å². The number of nitrogens with zero attached hydrogens (tertiary/aromatic N) is 1. The molecule has 0 unspecified atom stereocenters. The molecule has 0 aliphatic carbocycles. The molecule has 0 bridgehead atoms. The van der Waals surface area contributed by atoms with Gasteiger partial charge in [0.05, 0.1) is 13.1 Å². The van der Waals surface area contributed by atoms with Crippen LogP contribution in [0.1, 0.15) is 43.8 Å². The van der Waals surface area contributed by atoms with Crippen LogP contribution in [0, 0.1) is 19.3 Å². The quantitative estimate of drug-likeness (QED) is 0.802. The lowest BCUT2D eigenvalue weighted by Gasteiger charge is -2.28. The van der Waals surface area contributed by atoms with Gasteiger partial charge in [-0.3, -0.25) is 4.90 Å². The maximum atomic E-state index is 5.70. The molecule has 0 saturated heterocycles. The topological polar surface area (TPSA) is 29.5 Å². The van der Waals surface area contributed by atoms with Gasteiger partial charge in [-0.15, -0.1) is 0 Å². The molecule has 0 spiro atoms. The molecule has 2 heterocycles. The summed E-state index contributed by atoms with van der Waals surface area (Å²) in [5.41, 5.74) is 0.239. The molecular weight excluding hydrogens is 250 g/mol. The second-order valence-corrected chi connectivity index (χ2v) is 6.73. The van der Waals surface area contributed by atoms with Crippen molar-refractivity contribution in [3.8, 4) is 0 Å². The van der Waals surface area contributed by atoms with E-state index in [1.54, 1.807) is 0 Å². The monoisotopic (exact) mass is 275 g/mol. The molecule has 0 N–H and O–H groups in total. The van der Waals surface area contributed by atoms with Crippen molar-refractivity contribution in [2.75, 3.05) is 6.54 Å². The average Bonchev–Trinajstić information content (AvgIpc) is 2.86. The van der Waals surface area contributed by atoms with Gasteiger partial charge in [-0.2, -0.15) is 0 Å². The summed E-state index contributed by atoms with van der Waals surface area (Å²) in [6.45, 7) is 13.3. The van der Waals surface area contributed by atoms with E-state index < -0.39 is 0 Å². The minimum atomic E-state index is 0.239. The maximum Gasteiger partial charge on any atom is 0.118 e. The van der Waals surface area contributed by atoms with Crippen LogP contribution in [0.3, 0.4) is 0 Å². The first-order chi connectivity index (χ1) is 9.32. The summed E-state index contributed by atoms with van der Waals surface area (Å²) in [7, 11) is 0. The van der Waals surface area contributed by atoms with Crippen LogP contribution >= 0.6 is 0 Å². The Bertz CT molecular complexity index is 503. The van der Waals surface area contributed by atoms with Crippen molar-refractivity contribution < 1.29 is 8.83 Å². The van der Waals surface area contributed by atoms with Crippen molar-refractivity contribution in [1.29, 1.82) is 0 Å². The second kappa shape index (κ2) is 5.88. The Hall–Kier alpha value is -1.48.